The smallest absolute Gasteiger partial charge is 0.252 e. The molecule has 0 heterocycles. The molecule has 2 nitrogen and oxygen atoms in total. The van der Waals surface area contributed by atoms with E-state index in [4.69, 9.17) is 0 Å². The van der Waals surface area contributed by atoms with E-state index in [1.165, 1.54) is 11.1 Å². The Morgan fingerprint density at radius 1 is 1.24 bits per heavy atom. The maximum absolute atomic E-state index is 12.6. The topological polar surface area (TPSA) is 29.1 Å². The second-order valence-electron chi connectivity index (χ2n) is 5.24. The Labute approximate surface area is 146 Å². The van der Waals surface area contributed by atoms with Gasteiger partial charge in [-0.3, -0.25) is 4.79 Å². The Kier molecular flexibility index (Phi) is 4.64. The number of halogens is 2. The summed E-state index contributed by atoms with van der Waals surface area (Å²) in [6, 6.07) is 14.3. The summed E-state index contributed by atoms with van der Waals surface area (Å²) in [6.45, 7) is 0. The number of carbonyl (C=O) groups excluding carboxylic acids is 1. The van der Waals surface area contributed by atoms with E-state index in [1.807, 2.05) is 24.3 Å². The van der Waals surface area contributed by atoms with Crippen LogP contribution < -0.4 is 5.32 Å². The van der Waals surface area contributed by atoms with Gasteiger partial charge >= 0.3 is 0 Å². The number of aryl methyl sites for hydroxylation is 1. The second kappa shape index (κ2) is 6.48. The highest BCUT2D eigenvalue weighted by Gasteiger charge is 2.22. The molecule has 1 atom stereocenters. The van der Waals surface area contributed by atoms with Gasteiger partial charge in [0.1, 0.15) is 0 Å². The summed E-state index contributed by atoms with van der Waals surface area (Å²) in [7, 11) is 0. The normalized spacial score (nSPS) is 17.1. The quantitative estimate of drug-likeness (QED) is 0.643. The van der Waals surface area contributed by atoms with Crippen molar-refractivity contribution in [3.63, 3.8) is 0 Å². The third-order valence-electron chi connectivity index (χ3n) is 3.85. The lowest BCUT2D eigenvalue weighted by molar-refractivity contribution is 0.0932. The van der Waals surface area contributed by atoms with Gasteiger partial charge in [0.15, 0.2) is 0 Å². The number of carbonyl (C=O) groups is 1. The van der Waals surface area contributed by atoms with Crippen molar-refractivity contribution in [2.24, 2.45) is 0 Å². The van der Waals surface area contributed by atoms with E-state index in [0.29, 0.717) is 0 Å². The van der Waals surface area contributed by atoms with Crippen LogP contribution in [-0.4, -0.2) is 5.91 Å². The van der Waals surface area contributed by atoms with E-state index in [2.05, 4.69) is 62.0 Å². The van der Waals surface area contributed by atoms with Crippen LogP contribution in [0, 0.1) is 3.57 Å². The van der Waals surface area contributed by atoms with Crippen LogP contribution in [0.3, 0.4) is 0 Å². The molecule has 1 aliphatic rings. The van der Waals surface area contributed by atoms with Gasteiger partial charge in [-0.05, 0) is 71.2 Å². The molecule has 0 fully saturated rings. The summed E-state index contributed by atoms with van der Waals surface area (Å²) in [6.07, 6.45) is 3.24. The molecule has 1 amide bonds. The molecule has 2 aromatic rings. The monoisotopic (exact) mass is 455 g/mol. The van der Waals surface area contributed by atoms with Gasteiger partial charge in [-0.15, -0.1) is 0 Å². The van der Waals surface area contributed by atoms with Gasteiger partial charge in [-0.2, -0.15) is 0 Å². The highest BCUT2D eigenvalue weighted by atomic mass is 127. The predicted octanol–water partition coefficient (Wildman–Crippen LogP) is 4.86. The number of nitrogens with one attached hydrogen (secondary N) is 1. The third kappa shape index (κ3) is 3.31. The summed E-state index contributed by atoms with van der Waals surface area (Å²) in [4.78, 5) is 12.6. The summed E-state index contributed by atoms with van der Waals surface area (Å²) in [5, 5.41) is 3.19. The van der Waals surface area contributed by atoms with E-state index in [0.717, 1.165) is 32.9 Å². The molecular weight excluding hydrogens is 441 g/mol. The van der Waals surface area contributed by atoms with E-state index in [9.17, 15) is 4.79 Å². The van der Waals surface area contributed by atoms with E-state index >= 15 is 0 Å². The maximum atomic E-state index is 12.6. The highest BCUT2D eigenvalue weighted by molar-refractivity contribution is 14.1. The van der Waals surface area contributed by atoms with E-state index in [-0.39, 0.29) is 11.9 Å². The Morgan fingerprint density at radius 3 is 2.90 bits per heavy atom. The molecule has 0 spiro atoms. The SMILES string of the molecule is O=C(NC1CCCc2ccccc21)c1cc(Br)ccc1I. The molecule has 1 aliphatic carbocycles. The first-order valence-electron chi connectivity index (χ1n) is 6.99. The van der Waals surface area contributed by atoms with Crippen molar-refractivity contribution in [2.45, 2.75) is 25.3 Å². The third-order valence-corrected chi connectivity index (χ3v) is 5.28. The molecule has 1 N–H and O–H groups in total. The molecule has 0 saturated carbocycles. The first kappa shape index (κ1) is 15.0. The number of rotatable bonds is 2. The van der Waals surface area contributed by atoms with Crippen molar-refractivity contribution in [3.8, 4) is 0 Å². The lowest BCUT2D eigenvalue weighted by Crippen LogP contribution is -2.31. The zero-order chi connectivity index (χ0) is 14.8. The minimum Gasteiger partial charge on any atom is -0.345 e. The van der Waals surface area contributed by atoms with Crippen LogP contribution in [0.25, 0.3) is 0 Å². The molecule has 0 bridgehead atoms. The van der Waals surface area contributed by atoms with Gasteiger partial charge in [0.25, 0.3) is 5.91 Å². The highest BCUT2D eigenvalue weighted by Crippen LogP contribution is 2.30. The molecule has 21 heavy (non-hydrogen) atoms. The first-order chi connectivity index (χ1) is 10.1. The Morgan fingerprint density at radius 2 is 2.05 bits per heavy atom. The Hall–Kier alpha value is -0.880. The van der Waals surface area contributed by atoms with Gasteiger partial charge in [0, 0.05) is 8.04 Å². The largest absolute Gasteiger partial charge is 0.345 e. The van der Waals surface area contributed by atoms with E-state index in [1.54, 1.807) is 0 Å². The van der Waals surface area contributed by atoms with Crippen LogP contribution in [-0.2, 0) is 6.42 Å². The summed E-state index contributed by atoms with van der Waals surface area (Å²) >= 11 is 5.64. The van der Waals surface area contributed by atoms with Crippen LogP contribution in [0.1, 0.15) is 40.4 Å². The van der Waals surface area contributed by atoms with Gasteiger partial charge in [0.2, 0.25) is 0 Å². The first-order valence-corrected chi connectivity index (χ1v) is 8.86. The van der Waals surface area contributed by atoms with E-state index < -0.39 is 0 Å². The van der Waals surface area contributed by atoms with Crippen molar-refractivity contribution >= 4 is 44.4 Å². The van der Waals surface area contributed by atoms with Crippen LogP contribution >= 0.6 is 38.5 Å². The number of hydrogen-bond donors (Lipinski definition) is 1. The van der Waals surface area contributed by atoms with Crippen molar-refractivity contribution in [3.05, 3.63) is 67.2 Å². The van der Waals surface area contributed by atoms with Crippen molar-refractivity contribution in [2.75, 3.05) is 0 Å². The molecule has 2 aromatic carbocycles. The number of fused-ring (bicyclic) bond motifs is 1. The minimum atomic E-state index is 0.00223. The minimum absolute atomic E-state index is 0.00223. The summed E-state index contributed by atoms with van der Waals surface area (Å²) in [5.41, 5.74) is 3.35. The van der Waals surface area contributed by atoms with Crippen molar-refractivity contribution in [1.82, 2.24) is 5.32 Å². The Bertz CT molecular complexity index is 686. The van der Waals surface area contributed by atoms with Crippen LogP contribution in [0.2, 0.25) is 0 Å². The van der Waals surface area contributed by atoms with Gasteiger partial charge < -0.3 is 5.32 Å². The fourth-order valence-corrected chi connectivity index (χ4v) is 3.75. The summed E-state index contributed by atoms with van der Waals surface area (Å²) < 4.78 is 1.90. The molecular formula is C17H15BrINO. The average molecular weight is 456 g/mol. The fourth-order valence-electron chi connectivity index (χ4n) is 2.81. The molecule has 0 radical (unpaired) electrons. The number of hydrogen-bond acceptors (Lipinski definition) is 1. The standard InChI is InChI=1S/C17H15BrINO/c18-12-8-9-15(19)14(10-12)17(21)20-16-7-3-5-11-4-1-2-6-13(11)16/h1-2,4,6,8-10,16H,3,5,7H2,(H,20,21). The zero-order valence-corrected chi connectivity index (χ0v) is 15.1. The van der Waals surface area contributed by atoms with Crippen molar-refractivity contribution in [1.29, 1.82) is 0 Å². The summed E-state index contributed by atoms with van der Waals surface area (Å²) in [5.74, 6) is 0.00223. The van der Waals surface area contributed by atoms with Gasteiger partial charge in [-0.25, -0.2) is 0 Å². The lowest BCUT2D eigenvalue weighted by atomic mass is 9.87. The van der Waals surface area contributed by atoms with Crippen molar-refractivity contribution < 1.29 is 4.79 Å². The predicted molar refractivity (Wildman–Crippen MR) is 96.4 cm³/mol. The molecule has 4 heteroatoms. The fraction of sp³-hybridized carbons (Fsp3) is 0.235. The lowest BCUT2D eigenvalue weighted by Gasteiger charge is -2.26. The molecule has 1 unspecified atom stereocenters. The number of benzene rings is 2. The molecule has 3 rings (SSSR count). The van der Waals surface area contributed by atoms with Gasteiger partial charge in [-0.1, -0.05) is 40.2 Å². The molecule has 0 aliphatic heterocycles. The molecule has 108 valence electrons. The molecule has 0 aromatic heterocycles. The van der Waals surface area contributed by atoms with Gasteiger partial charge in [0.05, 0.1) is 11.6 Å². The zero-order valence-electron chi connectivity index (χ0n) is 11.4. The Balaban J connectivity index is 1.84. The maximum Gasteiger partial charge on any atom is 0.252 e. The number of amides is 1. The van der Waals surface area contributed by atoms with Crippen LogP contribution in [0.15, 0.2) is 46.9 Å². The van der Waals surface area contributed by atoms with Crippen LogP contribution in [0.4, 0.5) is 0 Å². The average Bonchev–Trinajstić information content (AvgIpc) is 2.50. The van der Waals surface area contributed by atoms with Crippen LogP contribution in [0.5, 0.6) is 0 Å². The second-order valence-corrected chi connectivity index (χ2v) is 7.32. The molecule has 0 saturated heterocycles.